The van der Waals surface area contributed by atoms with E-state index in [9.17, 15) is 14.7 Å². The van der Waals surface area contributed by atoms with Gasteiger partial charge in [-0.2, -0.15) is 4.21 Å². The molecular weight excluding hydrogens is 1170 g/mol. The molecule has 0 amide bonds. The SMILES string of the molecule is CCCCCCCC/C=C\CCCCCCCCOP([O-])(=S)[S-].CCCCCCCC/C=C\CCCCCCCCOP([O-])(=S)[S-].CCCCCCCC/C=C\CCCCCCCCOP([O-])(=S)[S-].O=S.[Mo+6]. The molecule has 0 aromatic heterocycles. The summed E-state index contributed by atoms with van der Waals surface area (Å²) in [6.45, 7) is 8.14. The van der Waals surface area contributed by atoms with Crippen molar-refractivity contribution in [3.8, 4) is 0 Å². The molecular formula is C54H105MoO7P3S7. The van der Waals surface area contributed by atoms with Crippen molar-refractivity contribution in [2.75, 3.05) is 19.8 Å². The van der Waals surface area contributed by atoms with Gasteiger partial charge in [-0.3, -0.25) is 0 Å². The molecule has 3 unspecified atom stereocenters. The quantitative estimate of drug-likeness (QED) is 0.0189. The van der Waals surface area contributed by atoms with Gasteiger partial charge in [0.15, 0.2) is 12.5 Å². The van der Waals surface area contributed by atoms with Gasteiger partial charge in [0, 0.05) is 19.8 Å². The summed E-state index contributed by atoms with van der Waals surface area (Å²) in [4.78, 5) is 32.9. The first-order valence-electron chi connectivity index (χ1n) is 28.3. The van der Waals surface area contributed by atoms with Crippen LogP contribution in [0.3, 0.4) is 0 Å². The molecule has 0 aliphatic carbocycles. The summed E-state index contributed by atoms with van der Waals surface area (Å²) >= 11 is 30.1. The Labute approximate surface area is 497 Å². The molecule has 72 heavy (non-hydrogen) atoms. The standard InChI is InChI=1S/3C18H37O2PS2.Mo.OS/c3*1-2-3-4-5-6-7-8-9-10-11-12-13-14-15-16-17-18-20-21(19,22)23;;1-2/h3*9-10H,2-8,11-18H2,1H3,(H2,19,22,23);;/q;;;+6;/p-6/b3*10-9-;;. The smallest absolute Gasteiger partial charge is 0.819 e. The molecule has 0 bridgehead atoms. The van der Waals surface area contributed by atoms with Crippen molar-refractivity contribution in [3.05, 3.63) is 36.5 Å². The molecule has 7 nitrogen and oxygen atoms in total. The fraction of sp³-hybridized carbons (Fsp3) is 0.889. The van der Waals surface area contributed by atoms with Gasteiger partial charge in [-0.15, -0.1) is 52.5 Å². The number of allylic oxidation sites excluding steroid dienone is 6. The fourth-order valence-electron chi connectivity index (χ4n) is 7.58. The summed E-state index contributed by atoms with van der Waals surface area (Å²) in [5, 5.41) is 0. The van der Waals surface area contributed by atoms with E-state index in [4.69, 9.17) is 17.8 Å². The summed E-state index contributed by atoms with van der Waals surface area (Å²) in [6, 6.07) is 0. The molecule has 426 valence electrons. The van der Waals surface area contributed by atoms with E-state index in [1.165, 1.54) is 231 Å². The van der Waals surface area contributed by atoms with Crippen molar-refractivity contribution in [3.63, 3.8) is 0 Å². The van der Waals surface area contributed by atoms with Crippen molar-refractivity contribution in [1.29, 1.82) is 0 Å². The van der Waals surface area contributed by atoms with Crippen LogP contribution >= 0.6 is 17.1 Å². The van der Waals surface area contributed by atoms with Gasteiger partial charge < -0.3 is 65.0 Å². The molecule has 0 fully saturated rings. The largest absolute Gasteiger partial charge is 6.00 e. The monoisotopic (exact) mass is 1280 g/mol. The maximum absolute atomic E-state index is 11.0. The summed E-state index contributed by atoms with van der Waals surface area (Å²) < 4.78 is 22.6. The van der Waals surface area contributed by atoms with Gasteiger partial charge in [-0.05, 0) is 96.3 Å². The van der Waals surface area contributed by atoms with Crippen LogP contribution in [0.25, 0.3) is 0 Å². The van der Waals surface area contributed by atoms with Gasteiger partial charge >= 0.3 is 21.1 Å². The van der Waals surface area contributed by atoms with Gasteiger partial charge in [0.2, 0.25) is 0 Å². The van der Waals surface area contributed by atoms with Crippen LogP contribution in [0.1, 0.15) is 290 Å². The van der Waals surface area contributed by atoms with E-state index in [2.05, 4.69) is 142 Å². The predicted molar refractivity (Wildman–Crippen MR) is 329 cm³/mol. The van der Waals surface area contributed by atoms with E-state index in [1.807, 2.05) is 0 Å². The summed E-state index contributed by atoms with van der Waals surface area (Å²) in [5.41, 5.74) is -9.29. The third-order valence-corrected chi connectivity index (χ3v) is 15.1. The zero-order valence-electron chi connectivity index (χ0n) is 45.7. The van der Waals surface area contributed by atoms with Gasteiger partial charge in [-0.1, -0.05) is 231 Å². The minimum Gasteiger partial charge on any atom is -0.819 e. The summed E-state index contributed by atoms with van der Waals surface area (Å²) in [5.74, 6) is 0. The second kappa shape index (κ2) is 69.8. The van der Waals surface area contributed by atoms with Crippen LogP contribution in [-0.4, -0.2) is 24.0 Å². The van der Waals surface area contributed by atoms with E-state index < -0.39 is 17.1 Å². The molecule has 0 heterocycles. The zero-order valence-corrected chi connectivity index (χ0v) is 56.2. The van der Waals surface area contributed by atoms with E-state index in [1.54, 1.807) is 0 Å². The van der Waals surface area contributed by atoms with Gasteiger partial charge in [0.05, 0.1) is 0 Å². The molecule has 0 saturated carbocycles. The number of unbranched alkanes of at least 4 members (excludes halogenated alkanes) is 36. The van der Waals surface area contributed by atoms with Crippen molar-refractivity contribution in [2.24, 2.45) is 0 Å². The van der Waals surface area contributed by atoms with Crippen LogP contribution < -0.4 is 14.7 Å². The van der Waals surface area contributed by atoms with Crippen molar-refractivity contribution in [2.45, 2.75) is 290 Å². The first-order chi connectivity index (χ1) is 34.2. The van der Waals surface area contributed by atoms with Gasteiger partial charge in [-0.25, -0.2) is 0 Å². The first kappa shape index (κ1) is 83.5. The summed E-state index contributed by atoms with van der Waals surface area (Å²) in [6.07, 6.45) is 67.6. The Bertz CT molecular complexity index is 1130. The first-order valence-corrected chi connectivity index (χ1v) is 39.6. The molecule has 0 aromatic carbocycles. The average Bonchev–Trinajstić information content (AvgIpc) is 3.32. The van der Waals surface area contributed by atoms with Crippen molar-refractivity contribution in [1.82, 2.24) is 0 Å². The Kier molecular flexibility index (Phi) is 81.0. The molecule has 3 atom stereocenters. The Hall–Kier alpha value is 2.69. The maximum atomic E-state index is 11.0. The molecule has 0 aliphatic rings. The molecule has 0 N–H and O–H groups in total. The third-order valence-electron chi connectivity index (χ3n) is 11.7. The zero-order chi connectivity index (χ0) is 53.7. The maximum Gasteiger partial charge on any atom is 6.00 e. The van der Waals surface area contributed by atoms with Crippen LogP contribution in [0.4, 0.5) is 0 Å². The van der Waals surface area contributed by atoms with Crippen LogP contribution in [0.2, 0.25) is 0 Å². The normalized spacial score (nSPS) is 13.8. The Morgan fingerprint density at radius 1 is 0.306 bits per heavy atom. The van der Waals surface area contributed by atoms with Crippen molar-refractivity contribution >= 4 is 102 Å². The van der Waals surface area contributed by atoms with Crippen LogP contribution in [0, 0.1) is 0 Å². The second-order valence-electron chi connectivity index (χ2n) is 18.7. The van der Waals surface area contributed by atoms with Crippen molar-refractivity contribution < 1.29 is 53.5 Å². The minimum atomic E-state index is -3.10. The van der Waals surface area contributed by atoms with E-state index in [-0.39, 0.29) is 21.1 Å². The molecule has 0 rings (SSSR count). The molecule has 0 radical (unpaired) electrons. The topological polar surface area (TPSA) is 114 Å². The predicted octanol–water partition coefficient (Wildman–Crippen LogP) is 18.2. The minimum absolute atomic E-state index is 0. The number of hydrogen-bond acceptors (Lipinski definition) is 14. The Morgan fingerprint density at radius 2 is 0.444 bits per heavy atom. The third kappa shape index (κ3) is 95.1. The van der Waals surface area contributed by atoms with Crippen LogP contribution in [0.15, 0.2) is 36.5 Å². The van der Waals surface area contributed by atoms with E-state index in [0.29, 0.717) is 19.8 Å². The van der Waals surface area contributed by atoms with Crippen LogP contribution in [-0.2, 0) is 119 Å². The molecule has 0 aliphatic heterocycles. The van der Waals surface area contributed by atoms with Crippen LogP contribution in [0.5, 0.6) is 0 Å². The van der Waals surface area contributed by atoms with Gasteiger partial charge in [0.25, 0.3) is 0 Å². The molecule has 0 spiro atoms. The number of hydrogen-bond donors (Lipinski definition) is 0. The van der Waals surface area contributed by atoms with E-state index >= 15 is 0 Å². The Morgan fingerprint density at radius 3 is 0.597 bits per heavy atom. The molecule has 0 aromatic rings. The summed E-state index contributed by atoms with van der Waals surface area (Å²) in [7, 11) is 0. The Balaban J connectivity index is -0.000000304. The number of rotatable bonds is 51. The molecule has 0 saturated heterocycles. The average molecular weight is 1280 g/mol. The molecule has 18 heteroatoms. The van der Waals surface area contributed by atoms with Gasteiger partial charge in [0.1, 0.15) is 0 Å². The van der Waals surface area contributed by atoms with E-state index in [0.717, 1.165) is 38.5 Å². The second-order valence-corrected chi connectivity index (χ2v) is 32.8. The fourth-order valence-corrected chi connectivity index (χ4v) is 9.98.